The van der Waals surface area contributed by atoms with E-state index in [1.54, 1.807) is 0 Å². The maximum atomic E-state index is 9.57. The number of hydrogen-bond donors (Lipinski definition) is 1. The molecule has 0 amide bonds. The van der Waals surface area contributed by atoms with E-state index in [4.69, 9.17) is 11.6 Å². The number of β-amino-alcohol motifs (C(OH)–C–C–N with tert-alkyl or cyclic N) is 1. The molecule has 1 N–H and O–H groups in total. The first-order valence-electron chi connectivity index (χ1n) is 4.77. The summed E-state index contributed by atoms with van der Waals surface area (Å²) < 4.78 is 0.695. The van der Waals surface area contributed by atoms with Crippen molar-refractivity contribution in [1.29, 1.82) is 0 Å². The van der Waals surface area contributed by atoms with Gasteiger partial charge in [0.25, 0.3) is 0 Å². The molecule has 1 aliphatic heterocycles. The molecule has 1 saturated heterocycles. The van der Waals surface area contributed by atoms with E-state index >= 15 is 0 Å². The van der Waals surface area contributed by atoms with Gasteiger partial charge in [-0.25, -0.2) is 9.97 Å². The molecule has 1 aromatic rings. The van der Waals surface area contributed by atoms with E-state index in [1.807, 2.05) is 4.90 Å². The topological polar surface area (TPSA) is 49.2 Å². The van der Waals surface area contributed by atoms with Crippen molar-refractivity contribution < 1.29 is 5.11 Å². The second kappa shape index (κ2) is 4.63. The van der Waals surface area contributed by atoms with Crippen molar-refractivity contribution in [2.75, 3.05) is 18.0 Å². The van der Waals surface area contributed by atoms with Gasteiger partial charge < -0.3 is 10.0 Å². The van der Waals surface area contributed by atoms with Crippen molar-refractivity contribution in [1.82, 2.24) is 9.97 Å². The highest BCUT2D eigenvalue weighted by atomic mass is 79.9. The van der Waals surface area contributed by atoms with Gasteiger partial charge in [0.1, 0.15) is 17.3 Å². The molecule has 15 heavy (non-hydrogen) atoms. The van der Waals surface area contributed by atoms with Crippen LogP contribution in [0, 0.1) is 0 Å². The molecule has 0 aromatic carbocycles. The van der Waals surface area contributed by atoms with Gasteiger partial charge in [-0.2, -0.15) is 0 Å². The van der Waals surface area contributed by atoms with Gasteiger partial charge in [-0.15, -0.1) is 0 Å². The average molecular weight is 293 g/mol. The van der Waals surface area contributed by atoms with Crippen molar-refractivity contribution >= 4 is 33.3 Å². The molecule has 2 heterocycles. The fourth-order valence-electron chi connectivity index (χ4n) is 1.71. The van der Waals surface area contributed by atoms with Gasteiger partial charge in [-0.3, -0.25) is 0 Å². The van der Waals surface area contributed by atoms with E-state index in [0.29, 0.717) is 16.2 Å². The number of nitrogens with zero attached hydrogens (tertiary/aromatic N) is 3. The van der Waals surface area contributed by atoms with Crippen molar-refractivity contribution in [2.45, 2.75) is 18.9 Å². The second-order valence-corrected chi connectivity index (χ2v) is 4.70. The molecule has 6 heteroatoms. The van der Waals surface area contributed by atoms with Crippen LogP contribution in [0.15, 0.2) is 10.8 Å². The monoisotopic (exact) mass is 291 g/mol. The molecule has 1 fully saturated rings. The highest BCUT2D eigenvalue weighted by Gasteiger charge is 2.21. The summed E-state index contributed by atoms with van der Waals surface area (Å²) in [5.41, 5.74) is 0. The van der Waals surface area contributed by atoms with E-state index in [1.165, 1.54) is 6.33 Å². The molecular formula is C9H11BrClN3O. The summed E-state index contributed by atoms with van der Waals surface area (Å²) in [6, 6.07) is 0. The molecule has 82 valence electrons. The highest BCUT2D eigenvalue weighted by Crippen LogP contribution is 2.30. The summed E-state index contributed by atoms with van der Waals surface area (Å²) >= 11 is 9.24. The molecule has 0 aliphatic carbocycles. The van der Waals surface area contributed by atoms with Gasteiger partial charge in [0.2, 0.25) is 0 Å². The van der Waals surface area contributed by atoms with Crippen LogP contribution in [-0.2, 0) is 0 Å². The Morgan fingerprint density at radius 3 is 3.07 bits per heavy atom. The van der Waals surface area contributed by atoms with Gasteiger partial charge in [0.15, 0.2) is 0 Å². The first-order valence-corrected chi connectivity index (χ1v) is 5.94. The number of anilines is 1. The standard InChI is InChI=1S/C9H11BrClN3O/c10-7-8(11)12-5-13-9(7)14-3-1-2-6(15)4-14/h5-6,15H,1-4H2. The van der Waals surface area contributed by atoms with E-state index in [0.717, 1.165) is 25.2 Å². The van der Waals surface area contributed by atoms with E-state index in [9.17, 15) is 5.11 Å². The van der Waals surface area contributed by atoms with Crippen LogP contribution in [0.1, 0.15) is 12.8 Å². The molecule has 0 radical (unpaired) electrons. The third kappa shape index (κ3) is 2.41. The van der Waals surface area contributed by atoms with Crippen LogP contribution >= 0.6 is 27.5 Å². The lowest BCUT2D eigenvalue weighted by molar-refractivity contribution is 0.154. The number of aromatic nitrogens is 2. The predicted molar refractivity (Wildman–Crippen MR) is 62.2 cm³/mol. The Labute approximate surface area is 101 Å². The smallest absolute Gasteiger partial charge is 0.148 e. The van der Waals surface area contributed by atoms with Crippen LogP contribution in [-0.4, -0.2) is 34.3 Å². The Morgan fingerprint density at radius 2 is 2.33 bits per heavy atom. The normalized spacial score (nSPS) is 21.8. The average Bonchev–Trinajstić information content (AvgIpc) is 2.22. The third-order valence-electron chi connectivity index (χ3n) is 2.42. The molecule has 1 aliphatic rings. The Hall–Kier alpha value is -0.390. The minimum Gasteiger partial charge on any atom is -0.391 e. The SMILES string of the molecule is OC1CCCN(c2ncnc(Cl)c2Br)C1. The lowest BCUT2D eigenvalue weighted by Crippen LogP contribution is -2.38. The number of aliphatic hydroxyl groups is 1. The maximum absolute atomic E-state index is 9.57. The quantitative estimate of drug-likeness (QED) is 0.803. The number of hydrogen-bond acceptors (Lipinski definition) is 4. The van der Waals surface area contributed by atoms with Crippen LogP contribution in [0.3, 0.4) is 0 Å². The van der Waals surface area contributed by atoms with Gasteiger partial charge in [-0.05, 0) is 28.8 Å². The van der Waals surface area contributed by atoms with Gasteiger partial charge in [0.05, 0.1) is 10.6 Å². The van der Waals surface area contributed by atoms with Crippen LogP contribution in [0.2, 0.25) is 5.15 Å². The molecule has 4 nitrogen and oxygen atoms in total. The summed E-state index contributed by atoms with van der Waals surface area (Å²) in [6.07, 6.45) is 2.98. The first kappa shape index (κ1) is 11.1. The number of rotatable bonds is 1. The van der Waals surface area contributed by atoms with Gasteiger partial charge >= 0.3 is 0 Å². The fourth-order valence-corrected chi connectivity index (χ4v) is 2.29. The van der Waals surface area contributed by atoms with Gasteiger partial charge in [-0.1, -0.05) is 11.6 Å². The predicted octanol–water partition coefficient (Wildman–Crippen LogP) is 1.85. The molecule has 1 atom stereocenters. The number of halogens is 2. The van der Waals surface area contributed by atoms with Gasteiger partial charge in [0, 0.05) is 13.1 Å². The molecular weight excluding hydrogens is 281 g/mol. The van der Waals surface area contributed by atoms with E-state index in [2.05, 4.69) is 25.9 Å². The van der Waals surface area contributed by atoms with Crippen LogP contribution in [0.4, 0.5) is 5.82 Å². The van der Waals surface area contributed by atoms with E-state index < -0.39 is 0 Å². The third-order valence-corrected chi connectivity index (χ3v) is 3.67. The van der Waals surface area contributed by atoms with Crippen molar-refractivity contribution in [3.05, 3.63) is 16.0 Å². The van der Waals surface area contributed by atoms with Crippen molar-refractivity contribution in [3.63, 3.8) is 0 Å². The zero-order valence-corrected chi connectivity index (χ0v) is 10.4. The van der Waals surface area contributed by atoms with Crippen LogP contribution in [0.25, 0.3) is 0 Å². The summed E-state index contributed by atoms with van der Waals surface area (Å²) in [5.74, 6) is 0.758. The molecule has 0 bridgehead atoms. The van der Waals surface area contributed by atoms with Crippen molar-refractivity contribution in [2.24, 2.45) is 0 Å². The summed E-state index contributed by atoms with van der Waals surface area (Å²) in [7, 11) is 0. The van der Waals surface area contributed by atoms with E-state index in [-0.39, 0.29) is 6.10 Å². The Bertz CT molecular complexity index is 363. The Kier molecular flexibility index (Phi) is 3.43. The fraction of sp³-hybridized carbons (Fsp3) is 0.556. The van der Waals surface area contributed by atoms with Crippen LogP contribution in [0.5, 0.6) is 0 Å². The van der Waals surface area contributed by atoms with Crippen molar-refractivity contribution in [3.8, 4) is 0 Å². The largest absolute Gasteiger partial charge is 0.391 e. The Balaban J connectivity index is 2.24. The zero-order valence-electron chi connectivity index (χ0n) is 8.03. The zero-order chi connectivity index (χ0) is 10.8. The first-order chi connectivity index (χ1) is 7.18. The lowest BCUT2D eigenvalue weighted by atomic mass is 10.1. The summed E-state index contributed by atoms with van der Waals surface area (Å²) in [5, 5.41) is 9.97. The minimum atomic E-state index is -0.278. The molecule has 0 saturated carbocycles. The maximum Gasteiger partial charge on any atom is 0.148 e. The minimum absolute atomic E-state index is 0.278. The molecule has 1 aromatic heterocycles. The van der Waals surface area contributed by atoms with Crippen LogP contribution < -0.4 is 4.90 Å². The summed E-state index contributed by atoms with van der Waals surface area (Å²) in [6.45, 7) is 1.49. The lowest BCUT2D eigenvalue weighted by Gasteiger charge is -2.31. The number of piperidine rings is 1. The second-order valence-electron chi connectivity index (χ2n) is 3.54. The molecule has 2 rings (SSSR count). The Morgan fingerprint density at radius 1 is 1.53 bits per heavy atom. The molecule has 1 unspecified atom stereocenters. The molecule has 0 spiro atoms. The summed E-state index contributed by atoms with van der Waals surface area (Å²) in [4.78, 5) is 10.1. The number of aliphatic hydroxyl groups excluding tert-OH is 1. The highest BCUT2D eigenvalue weighted by molar-refractivity contribution is 9.10.